The van der Waals surface area contributed by atoms with Gasteiger partial charge in [0, 0.05) is 6.08 Å². The van der Waals surface area contributed by atoms with E-state index in [-0.39, 0.29) is 5.97 Å². The number of ether oxygens (including phenoxy) is 1. The van der Waals surface area contributed by atoms with Crippen molar-refractivity contribution >= 4 is 5.97 Å². The predicted molar refractivity (Wildman–Crippen MR) is 57.1 cm³/mol. The second-order valence-corrected chi connectivity index (χ2v) is 5.45. The molecule has 15 heavy (non-hydrogen) atoms. The van der Waals surface area contributed by atoms with Crippen LogP contribution in [0.2, 0.25) is 0 Å². The third kappa shape index (κ3) is 1.42. The highest BCUT2D eigenvalue weighted by atomic mass is 16.5. The minimum absolute atomic E-state index is 0.202. The topological polar surface area (TPSA) is 26.3 Å². The van der Waals surface area contributed by atoms with Crippen LogP contribution in [0, 0.1) is 29.6 Å². The monoisotopic (exact) mass is 206 g/mol. The van der Waals surface area contributed by atoms with E-state index >= 15 is 0 Å². The molecule has 82 valence electrons. The zero-order chi connectivity index (χ0) is 10.4. The summed E-state index contributed by atoms with van der Waals surface area (Å²) >= 11 is 0. The van der Waals surface area contributed by atoms with Crippen molar-refractivity contribution in [3.63, 3.8) is 0 Å². The largest absolute Gasteiger partial charge is 0.466 e. The highest BCUT2D eigenvalue weighted by Crippen LogP contribution is 2.61. The Balaban J connectivity index is 1.73. The number of allylic oxidation sites excluding steroid dienone is 1. The molecule has 0 radical (unpaired) electrons. The molecule has 5 atom stereocenters. The highest BCUT2D eigenvalue weighted by molar-refractivity contribution is 5.81. The third-order valence-corrected chi connectivity index (χ3v) is 4.78. The lowest BCUT2D eigenvalue weighted by Crippen LogP contribution is -2.21. The van der Waals surface area contributed by atoms with Gasteiger partial charge in [-0.15, -0.1) is 0 Å². The molecule has 0 heterocycles. The normalized spacial score (nSPS) is 46.6. The van der Waals surface area contributed by atoms with E-state index in [1.807, 2.05) is 0 Å². The molecule has 0 amide bonds. The summed E-state index contributed by atoms with van der Waals surface area (Å²) < 4.78 is 4.64. The second-order valence-electron chi connectivity index (χ2n) is 5.45. The summed E-state index contributed by atoms with van der Waals surface area (Å²) in [6.07, 6.45) is 9.46. The van der Waals surface area contributed by atoms with Crippen molar-refractivity contribution in [2.75, 3.05) is 7.11 Å². The molecule has 4 aliphatic carbocycles. The van der Waals surface area contributed by atoms with E-state index in [4.69, 9.17) is 0 Å². The Morgan fingerprint density at radius 3 is 2.73 bits per heavy atom. The van der Waals surface area contributed by atoms with Gasteiger partial charge in [0.2, 0.25) is 0 Å². The lowest BCUT2D eigenvalue weighted by atomic mass is 9.75. The van der Waals surface area contributed by atoms with Gasteiger partial charge in [-0.1, -0.05) is 6.08 Å². The Morgan fingerprint density at radius 2 is 2.00 bits per heavy atom. The molecular weight excluding hydrogens is 188 g/mol. The fourth-order valence-electron chi connectivity index (χ4n) is 4.35. The van der Waals surface area contributed by atoms with Gasteiger partial charge < -0.3 is 4.74 Å². The van der Waals surface area contributed by atoms with Gasteiger partial charge in [0.25, 0.3) is 0 Å². The summed E-state index contributed by atoms with van der Waals surface area (Å²) in [5.74, 6) is 4.21. The Hall–Kier alpha value is -0.790. The number of carbonyl (C=O) groups is 1. The lowest BCUT2D eigenvalue weighted by Gasteiger charge is -2.30. The molecule has 5 unspecified atom stereocenters. The van der Waals surface area contributed by atoms with Crippen LogP contribution in [0.3, 0.4) is 0 Å². The predicted octanol–water partition coefficient (Wildman–Crippen LogP) is 2.40. The maximum atomic E-state index is 11.1. The van der Waals surface area contributed by atoms with Gasteiger partial charge in [0.1, 0.15) is 0 Å². The van der Waals surface area contributed by atoms with Gasteiger partial charge in [-0.3, -0.25) is 0 Å². The van der Waals surface area contributed by atoms with E-state index in [0.29, 0.717) is 5.92 Å². The maximum Gasteiger partial charge on any atom is 0.330 e. The minimum atomic E-state index is -0.202. The first kappa shape index (κ1) is 9.44. The molecule has 4 saturated carbocycles. The molecule has 0 aromatic heterocycles. The third-order valence-electron chi connectivity index (χ3n) is 4.78. The molecule has 2 nitrogen and oxygen atoms in total. The molecule has 0 spiro atoms. The molecule has 4 aliphatic rings. The Kier molecular flexibility index (Phi) is 2.11. The van der Waals surface area contributed by atoms with Crippen molar-refractivity contribution in [3.05, 3.63) is 12.2 Å². The van der Waals surface area contributed by atoms with Crippen LogP contribution in [0.5, 0.6) is 0 Å². The van der Waals surface area contributed by atoms with Gasteiger partial charge in [-0.25, -0.2) is 4.79 Å². The average molecular weight is 206 g/mol. The molecule has 0 saturated heterocycles. The summed E-state index contributed by atoms with van der Waals surface area (Å²) in [5.41, 5.74) is 0. The standard InChI is InChI=1S/C13H18O2/c1-15-13(14)3-2-11-9-4-8-5-10(7-9)12(11)6-8/h2-3,8-12H,4-7H2,1H3/b3-2+. The molecule has 2 heteroatoms. The Bertz CT molecular complexity index is 304. The van der Waals surface area contributed by atoms with E-state index in [0.717, 1.165) is 23.7 Å². The van der Waals surface area contributed by atoms with Crippen LogP contribution in [0.4, 0.5) is 0 Å². The Morgan fingerprint density at radius 1 is 1.20 bits per heavy atom. The van der Waals surface area contributed by atoms with Crippen LogP contribution in [0.1, 0.15) is 25.7 Å². The van der Waals surface area contributed by atoms with Gasteiger partial charge in [-0.05, 0) is 55.3 Å². The van der Waals surface area contributed by atoms with E-state index < -0.39 is 0 Å². The fraction of sp³-hybridized carbons (Fsp3) is 0.769. The number of hydrogen-bond acceptors (Lipinski definition) is 2. The Labute approximate surface area is 90.7 Å². The average Bonchev–Trinajstić information content (AvgIpc) is 2.65. The van der Waals surface area contributed by atoms with Crippen LogP contribution < -0.4 is 0 Å². The first-order valence-electron chi connectivity index (χ1n) is 6.04. The fourth-order valence-corrected chi connectivity index (χ4v) is 4.35. The molecule has 4 bridgehead atoms. The van der Waals surface area contributed by atoms with Crippen molar-refractivity contribution in [1.82, 2.24) is 0 Å². The van der Waals surface area contributed by atoms with E-state index in [1.165, 1.54) is 32.8 Å². The van der Waals surface area contributed by atoms with Gasteiger partial charge in [0.15, 0.2) is 0 Å². The highest BCUT2D eigenvalue weighted by Gasteiger charge is 2.52. The quantitative estimate of drug-likeness (QED) is 0.512. The van der Waals surface area contributed by atoms with Crippen LogP contribution in [0.15, 0.2) is 12.2 Å². The molecule has 0 aliphatic heterocycles. The van der Waals surface area contributed by atoms with Gasteiger partial charge >= 0.3 is 5.97 Å². The molecule has 0 aromatic carbocycles. The van der Waals surface area contributed by atoms with Gasteiger partial charge in [0.05, 0.1) is 7.11 Å². The SMILES string of the molecule is COC(=O)/C=C/C1C2CC3CC(C2)C1C3. The maximum absolute atomic E-state index is 11.1. The van der Waals surface area contributed by atoms with Crippen molar-refractivity contribution in [3.8, 4) is 0 Å². The smallest absolute Gasteiger partial charge is 0.330 e. The molecule has 0 aromatic rings. The van der Waals surface area contributed by atoms with E-state index in [9.17, 15) is 4.79 Å². The van der Waals surface area contributed by atoms with Crippen molar-refractivity contribution in [2.45, 2.75) is 25.7 Å². The van der Waals surface area contributed by atoms with Crippen molar-refractivity contribution in [1.29, 1.82) is 0 Å². The van der Waals surface area contributed by atoms with E-state index in [1.54, 1.807) is 6.08 Å². The summed E-state index contributed by atoms with van der Waals surface area (Å²) in [7, 11) is 1.44. The zero-order valence-electron chi connectivity index (χ0n) is 9.19. The first-order chi connectivity index (χ1) is 7.28. The summed E-state index contributed by atoms with van der Waals surface area (Å²) in [6, 6.07) is 0. The molecule has 0 N–H and O–H groups in total. The van der Waals surface area contributed by atoms with Crippen LogP contribution in [-0.4, -0.2) is 13.1 Å². The molecule has 4 rings (SSSR count). The molecule has 4 fully saturated rings. The first-order valence-corrected chi connectivity index (χ1v) is 6.04. The number of esters is 1. The summed E-state index contributed by atoms with van der Waals surface area (Å²) in [4.78, 5) is 11.1. The summed E-state index contributed by atoms with van der Waals surface area (Å²) in [5, 5.41) is 0. The van der Waals surface area contributed by atoms with Crippen LogP contribution in [-0.2, 0) is 9.53 Å². The number of methoxy groups -OCH3 is 1. The zero-order valence-corrected chi connectivity index (χ0v) is 9.19. The minimum Gasteiger partial charge on any atom is -0.466 e. The van der Waals surface area contributed by atoms with Crippen molar-refractivity contribution in [2.24, 2.45) is 29.6 Å². The van der Waals surface area contributed by atoms with Gasteiger partial charge in [-0.2, -0.15) is 0 Å². The van der Waals surface area contributed by atoms with Crippen molar-refractivity contribution < 1.29 is 9.53 Å². The summed E-state index contributed by atoms with van der Waals surface area (Å²) in [6.45, 7) is 0. The number of hydrogen-bond donors (Lipinski definition) is 0. The number of rotatable bonds is 2. The van der Waals surface area contributed by atoms with Crippen LogP contribution >= 0.6 is 0 Å². The van der Waals surface area contributed by atoms with Crippen LogP contribution in [0.25, 0.3) is 0 Å². The number of carbonyl (C=O) groups excluding carboxylic acids is 1. The second kappa shape index (κ2) is 3.36. The van der Waals surface area contributed by atoms with E-state index in [2.05, 4.69) is 10.8 Å². The molecular formula is C13H18O2. The lowest BCUT2D eigenvalue weighted by molar-refractivity contribution is -0.134.